The van der Waals surface area contributed by atoms with Crippen molar-refractivity contribution in [3.63, 3.8) is 0 Å². The molecule has 5 nitrogen and oxygen atoms in total. The molecule has 1 N–H and O–H groups in total. The van der Waals surface area contributed by atoms with Gasteiger partial charge in [-0.3, -0.25) is 10.1 Å². The van der Waals surface area contributed by atoms with Crippen LogP contribution in [-0.4, -0.2) is 24.7 Å². The molecule has 0 spiro atoms. The number of alkyl halides is 3. The first kappa shape index (κ1) is 17.2. The summed E-state index contributed by atoms with van der Waals surface area (Å²) in [5.41, 5.74) is -1.59. The fraction of sp³-hybridized carbons (Fsp3) is 0.538. The van der Waals surface area contributed by atoms with Gasteiger partial charge in [0.15, 0.2) is 0 Å². The largest absolute Gasteiger partial charge is 0.416 e. The standard InChI is InChI=1S/C13H17F3N2O3/c1-2-3-7-21-8-6-17-11-5-4-10(13(14,15)16)9-12(11)18(19)20/h4-5,9,17H,2-3,6-8H2,1H3. The molecule has 8 heteroatoms. The van der Waals surface area contributed by atoms with Gasteiger partial charge in [-0.25, -0.2) is 0 Å². The average Bonchev–Trinajstić information content (AvgIpc) is 2.41. The van der Waals surface area contributed by atoms with Crippen molar-refractivity contribution in [1.29, 1.82) is 0 Å². The number of nitro groups is 1. The molecule has 1 rings (SSSR count). The van der Waals surface area contributed by atoms with E-state index in [2.05, 4.69) is 5.32 Å². The second kappa shape index (κ2) is 7.82. The number of anilines is 1. The van der Waals surface area contributed by atoms with Gasteiger partial charge in [0.1, 0.15) is 5.69 Å². The Balaban J connectivity index is 2.67. The summed E-state index contributed by atoms with van der Waals surface area (Å²) >= 11 is 0. The van der Waals surface area contributed by atoms with Crippen molar-refractivity contribution in [1.82, 2.24) is 0 Å². The van der Waals surface area contributed by atoms with E-state index in [9.17, 15) is 23.3 Å². The second-order valence-electron chi connectivity index (χ2n) is 4.38. The van der Waals surface area contributed by atoms with Crippen LogP contribution in [0.2, 0.25) is 0 Å². The number of rotatable bonds is 8. The number of ether oxygens (including phenoxy) is 1. The predicted molar refractivity (Wildman–Crippen MR) is 72.3 cm³/mol. The number of hydrogen-bond donors (Lipinski definition) is 1. The van der Waals surface area contributed by atoms with E-state index in [4.69, 9.17) is 4.74 Å². The molecule has 0 radical (unpaired) electrons. The quantitative estimate of drug-likeness (QED) is 0.450. The molecule has 21 heavy (non-hydrogen) atoms. The molecular weight excluding hydrogens is 289 g/mol. The minimum atomic E-state index is -4.60. The van der Waals surface area contributed by atoms with Crippen LogP contribution in [0.4, 0.5) is 24.5 Å². The Bertz CT molecular complexity index is 478. The summed E-state index contributed by atoms with van der Waals surface area (Å²) in [4.78, 5) is 10.0. The Labute approximate surface area is 120 Å². The molecule has 0 heterocycles. The molecule has 0 unspecified atom stereocenters. The Morgan fingerprint density at radius 3 is 2.62 bits per heavy atom. The topological polar surface area (TPSA) is 64.4 Å². The number of unbranched alkanes of at least 4 members (excludes halogenated alkanes) is 1. The molecule has 0 atom stereocenters. The van der Waals surface area contributed by atoms with Crippen molar-refractivity contribution in [2.45, 2.75) is 25.9 Å². The first-order valence-electron chi connectivity index (χ1n) is 6.53. The molecule has 0 aromatic heterocycles. The van der Waals surface area contributed by atoms with Crippen LogP contribution in [0.1, 0.15) is 25.3 Å². The number of benzene rings is 1. The zero-order valence-corrected chi connectivity index (χ0v) is 11.6. The van der Waals surface area contributed by atoms with Crippen LogP contribution in [-0.2, 0) is 10.9 Å². The van der Waals surface area contributed by atoms with Gasteiger partial charge in [-0.2, -0.15) is 13.2 Å². The van der Waals surface area contributed by atoms with Gasteiger partial charge < -0.3 is 10.1 Å². The minimum absolute atomic E-state index is 0.0482. The highest BCUT2D eigenvalue weighted by molar-refractivity contribution is 5.62. The fourth-order valence-corrected chi connectivity index (χ4v) is 1.61. The maximum atomic E-state index is 12.5. The van der Waals surface area contributed by atoms with Gasteiger partial charge in [0.25, 0.3) is 5.69 Å². The molecule has 0 aliphatic carbocycles. The highest BCUT2D eigenvalue weighted by atomic mass is 19.4. The molecule has 0 amide bonds. The maximum Gasteiger partial charge on any atom is 0.416 e. The van der Waals surface area contributed by atoms with Crippen LogP contribution in [0.25, 0.3) is 0 Å². The predicted octanol–water partition coefficient (Wildman–Crippen LogP) is 3.84. The first-order valence-corrected chi connectivity index (χ1v) is 6.53. The van der Waals surface area contributed by atoms with Gasteiger partial charge in [0.2, 0.25) is 0 Å². The number of nitrogens with one attached hydrogen (secondary N) is 1. The van der Waals surface area contributed by atoms with Gasteiger partial charge in [-0.05, 0) is 18.6 Å². The van der Waals surface area contributed by atoms with E-state index in [0.717, 1.165) is 25.0 Å². The smallest absolute Gasteiger partial charge is 0.380 e. The summed E-state index contributed by atoms with van der Waals surface area (Å²) in [7, 11) is 0. The van der Waals surface area contributed by atoms with Crippen molar-refractivity contribution in [3.05, 3.63) is 33.9 Å². The second-order valence-corrected chi connectivity index (χ2v) is 4.38. The lowest BCUT2D eigenvalue weighted by atomic mass is 10.1. The SMILES string of the molecule is CCCCOCCNc1ccc(C(F)(F)F)cc1[N+](=O)[O-]. The highest BCUT2D eigenvalue weighted by Crippen LogP contribution is 2.34. The van der Waals surface area contributed by atoms with E-state index in [1.165, 1.54) is 0 Å². The zero-order valence-electron chi connectivity index (χ0n) is 11.6. The summed E-state index contributed by atoms with van der Waals surface area (Å²) in [5, 5.41) is 13.6. The van der Waals surface area contributed by atoms with E-state index in [1.54, 1.807) is 0 Å². The van der Waals surface area contributed by atoms with E-state index in [1.807, 2.05) is 6.92 Å². The molecule has 1 aromatic carbocycles. The van der Waals surface area contributed by atoms with E-state index < -0.39 is 22.4 Å². The molecule has 0 saturated heterocycles. The van der Waals surface area contributed by atoms with Gasteiger partial charge in [0.05, 0.1) is 17.1 Å². The van der Waals surface area contributed by atoms with Crippen molar-refractivity contribution >= 4 is 11.4 Å². The van der Waals surface area contributed by atoms with Crippen molar-refractivity contribution in [2.24, 2.45) is 0 Å². The van der Waals surface area contributed by atoms with Crippen molar-refractivity contribution < 1.29 is 22.8 Å². The first-order chi connectivity index (χ1) is 9.86. The normalized spacial score (nSPS) is 11.4. The molecule has 0 fully saturated rings. The third-order valence-electron chi connectivity index (χ3n) is 2.73. The molecule has 1 aromatic rings. The van der Waals surface area contributed by atoms with Crippen LogP contribution in [0.5, 0.6) is 0 Å². The average molecular weight is 306 g/mol. The monoisotopic (exact) mass is 306 g/mol. The van der Waals surface area contributed by atoms with E-state index in [0.29, 0.717) is 19.3 Å². The fourth-order valence-electron chi connectivity index (χ4n) is 1.61. The molecular formula is C13H17F3N2O3. The lowest BCUT2D eigenvalue weighted by Gasteiger charge is -2.10. The summed E-state index contributed by atoms with van der Waals surface area (Å²) in [5.74, 6) is 0. The lowest BCUT2D eigenvalue weighted by Crippen LogP contribution is -2.12. The molecule has 0 saturated carbocycles. The van der Waals surface area contributed by atoms with Crippen LogP contribution in [0, 0.1) is 10.1 Å². The lowest BCUT2D eigenvalue weighted by molar-refractivity contribution is -0.384. The van der Waals surface area contributed by atoms with Gasteiger partial charge in [-0.15, -0.1) is 0 Å². The Morgan fingerprint density at radius 2 is 2.05 bits per heavy atom. The Morgan fingerprint density at radius 1 is 1.33 bits per heavy atom. The highest BCUT2D eigenvalue weighted by Gasteiger charge is 2.32. The summed E-state index contributed by atoms with van der Waals surface area (Å²) in [6.45, 7) is 3.23. The van der Waals surface area contributed by atoms with E-state index >= 15 is 0 Å². The number of nitro benzene ring substituents is 1. The van der Waals surface area contributed by atoms with Gasteiger partial charge in [0, 0.05) is 19.2 Å². The van der Waals surface area contributed by atoms with Crippen LogP contribution < -0.4 is 5.32 Å². The van der Waals surface area contributed by atoms with Crippen LogP contribution in [0.3, 0.4) is 0 Å². The molecule has 118 valence electrons. The molecule has 0 bridgehead atoms. The summed E-state index contributed by atoms with van der Waals surface area (Å²) in [6, 6.07) is 2.40. The van der Waals surface area contributed by atoms with Gasteiger partial charge in [-0.1, -0.05) is 13.3 Å². The van der Waals surface area contributed by atoms with Crippen molar-refractivity contribution in [2.75, 3.05) is 25.1 Å². The maximum absolute atomic E-state index is 12.5. The van der Waals surface area contributed by atoms with Crippen LogP contribution in [0.15, 0.2) is 18.2 Å². The molecule has 0 aliphatic rings. The zero-order chi connectivity index (χ0) is 15.9. The number of halogens is 3. The number of hydrogen-bond acceptors (Lipinski definition) is 4. The third-order valence-corrected chi connectivity index (χ3v) is 2.73. The Hall–Kier alpha value is -1.83. The van der Waals surface area contributed by atoms with Gasteiger partial charge >= 0.3 is 6.18 Å². The van der Waals surface area contributed by atoms with Crippen LogP contribution >= 0.6 is 0 Å². The minimum Gasteiger partial charge on any atom is -0.380 e. The summed E-state index contributed by atoms with van der Waals surface area (Å²) < 4.78 is 42.8. The molecule has 0 aliphatic heterocycles. The summed E-state index contributed by atoms with van der Waals surface area (Å²) in [6.07, 6.45) is -2.69. The Kier molecular flexibility index (Phi) is 6.41. The van der Waals surface area contributed by atoms with E-state index in [-0.39, 0.29) is 12.2 Å². The third kappa shape index (κ3) is 5.58. The van der Waals surface area contributed by atoms with Crippen molar-refractivity contribution in [3.8, 4) is 0 Å². The number of nitrogens with zero attached hydrogens (tertiary/aromatic N) is 1.